The number of hydrogen-bond donors (Lipinski definition) is 1. The Morgan fingerprint density at radius 3 is 2.50 bits per heavy atom. The zero-order valence-electron chi connectivity index (χ0n) is 12.0. The summed E-state index contributed by atoms with van der Waals surface area (Å²) in [6.07, 6.45) is 1.64. The first-order valence-corrected chi connectivity index (χ1v) is 6.59. The second kappa shape index (κ2) is 6.88. The molecule has 1 unspecified atom stereocenters. The lowest BCUT2D eigenvalue weighted by Crippen LogP contribution is -2.49. The van der Waals surface area contributed by atoms with E-state index >= 15 is 0 Å². The number of nitrogens with two attached hydrogens (primary N) is 1. The van der Waals surface area contributed by atoms with E-state index in [0.717, 1.165) is 0 Å². The third-order valence-electron chi connectivity index (χ3n) is 3.05. The van der Waals surface area contributed by atoms with Gasteiger partial charge in [-0.05, 0) is 32.4 Å². The van der Waals surface area contributed by atoms with Gasteiger partial charge in [0.25, 0.3) is 0 Å². The van der Waals surface area contributed by atoms with Gasteiger partial charge in [-0.3, -0.25) is 14.6 Å². The molecule has 110 valence electrons. The second-order valence-electron chi connectivity index (χ2n) is 4.13. The maximum absolute atomic E-state index is 12.3. The van der Waals surface area contributed by atoms with Gasteiger partial charge in [0.05, 0.1) is 13.2 Å². The van der Waals surface area contributed by atoms with Crippen LogP contribution in [0.2, 0.25) is 0 Å². The van der Waals surface area contributed by atoms with Crippen LogP contribution in [0.4, 0.5) is 0 Å². The SMILES string of the molecule is CCOC(=O)C(CC)(C(N)=O)c1ncccc1OCC. The predicted molar refractivity (Wildman–Crippen MR) is 73.2 cm³/mol. The van der Waals surface area contributed by atoms with Crippen molar-refractivity contribution in [3.8, 4) is 5.75 Å². The molecule has 0 bridgehead atoms. The van der Waals surface area contributed by atoms with Gasteiger partial charge in [0, 0.05) is 6.20 Å². The first-order valence-electron chi connectivity index (χ1n) is 6.59. The molecule has 2 N–H and O–H groups in total. The molecule has 0 saturated carbocycles. The van der Waals surface area contributed by atoms with Crippen LogP contribution < -0.4 is 10.5 Å². The summed E-state index contributed by atoms with van der Waals surface area (Å²) in [5.41, 5.74) is 4.06. The number of esters is 1. The first-order chi connectivity index (χ1) is 9.54. The van der Waals surface area contributed by atoms with E-state index in [9.17, 15) is 9.59 Å². The summed E-state index contributed by atoms with van der Waals surface area (Å²) in [5, 5.41) is 0. The van der Waals surface area contributed by atoms with Crippen molar-refractivity contribution in [1.82, 2.24) is 4.98 Å². The van der Waals surface area contributed by atoms with Crippen molar-refractivity contribution in [2.24, 2.45) is 5.73 Å². The summed E-state index contributed by atoms with van der Waals surface area (Å²) in [4.78, 5) is 28.4. The summed E-state index contributed by atoms with van der Waals surface area (Å²) >= 11 is 0. The Labute approximate surface area is 118 Å². The van der Waals surface area contributed by atoms with Crippen LogP contribution in [0.3, 0.4) is 0 Å². The number of aromatic nitrogens is 1. The molecule has 1 amide bonds. The molecule has 1 heterocycles. The highest BCUT2D eigenvalue weighted by atomic mass is 16.5. The number of ether oxygens (including phenoxy) is 2. The van der Waals surface area contributed by atoms with Crippen LogP contribution in [-0.4, -0.2) is 30.1 Å². The molecule has 0 aliphatic carbocycles. The van der Waals surface area contributed by atoms with Crippen LogP contribution in [0.15, 0.2) is 18.3 Å². The van der Waals surface area contributed by atoms with Gasteiger partial charge in [-0.15, -0.1) is 0 Å². The fourth-order valence-corrected chi connectivity index (χ4v) is 2.04. The van der Waals surface area contributed by atoms with Crippen LogP contribution in [0.1, 0.15) is 32.9 Å². The van der Waals surface area contributed by atoms with Gasteiger partial charge in [-0.2, -0.15) is 0 Å². The van der Waals surface area contributed by atoms with E-state index in [1.54, 1.807) is 32.9 Å². The van der Waals surface area contributed by atoms with Crippen molar-refractivity contribution in [1.29, 1.82) is 0 Å². The van der Waals surface area contributed by atoms with Crippen molar-refractivity contribution < 1.29 is 19.1 Å². The van der Waals surface area contributed by atoms with Crippen LogP contribution in [-0.2, 0) is 19.7 Å². The number of pyridine rings is 1. The zero-order chi connectivity index (χ0) is 15.2. The number of carbonyl (C=O) groups is 2. The lowest BCUT2D eigenvalue weighted by molar-refractivity contribution is -0.154. The number of carbonyl (C=O) groups excluding carboxylic acids is 2. The molecule has 0 fully saturated rings. The minimum atomic E-state index is -1.62. The largest absolute Gasteiger partial charge is 0.492 e. The van der Waals surface area contributed by atoms with Crippen molar-refractivity contribution in [3.05, 3.63) is 24.0 Å². The summed E-state index contributed by atoms with van der Waals surface area (Å²) in [6.45, 7) is 5.71. The minimum absolute atomic E-state index is 0.151. The standard InChI is InChI=1S/C14H20N2O4/c1-4-14(12(15)17,13(18)20-6-3)11-10(19-5-2)8-7-9-16-11/h7-9H,4-6H2,1-3H3,(H2,15,17). The Hall–Kier alpha value is -2.11. The van der Waals surface area contributed by atoms with E-state index in [4.69, 9.17) is 15.2 Å². The van der Waals surface area contributed by atoms with Crippen LogP contribution in [0.5, 0.6) is 5.75 Å². The Kier molecular flexibility index (Phi) is 5.49. The maximum Gasteiger partial charge on any atom is 0.327 e. The zero-order valence-corrected chi connectivity index (χ0v) is 12.0. The molecule has 1 aromatic rings. The minimum Gasteiger partial charge on any atom is -0.492 e. The third-order valence-corrected chi connectivity index (χ3v) is 3.05. The number of primary amides is 1. The average Bonchev–Trinajstić information content (AvgIpc) is 2.42. The smallest absolute Gasteiger partial charge is 0.327 e. The highest BCUT2D eigenvalue weighted by Gasteiger charge is 2.49. The van der Waals surface area contributed by atoms with Gasteiger partial charge >= 0.3 is 5.97 Å². The van der Waals surface area contributed by atoms with Gasteiger partial charge in [0.2, 0.25) is 5.91 Å². The maximum atomic E-state index is 12.3. The van der Waals surface area contributed by atoms with E-state index in [2.05, 4.69) is 4.98 Å². The van der Waals surface area contributed by atoms with Gasteiger partial charge in [-0.1, -0.05) is 6.92 Å². The fraction of sp³-hybridized carbons (Fsp3) is 0.500. The molecular weight excluding hydrogens is 260 g/mol. The van der Waals surface area contributed by atoms with Crippen LogP contribution >= 0.6 is 0 Å². The molecule has 6 nitrogen and oxygen atoms in total. The Balaban J connectivity index is 3.45. The molecule has 0 aromatic carbocycles. The third kappa shape index (κ3) is 2.74. The van der Waals surface area contributed by atoms with E-state index < -0.39 is 17.3 Å². The van der Waals surface area contributed by atoms with Gasteiger partial charge in [-0.25, -0.2) is 0 Å². The van der Waals surface area contributed by atoms with Crippen molar-refractivity contribution in [3.63, 3.8) is 0 Å². The molecule has 0 spiro atoms. The van der Waals surface area contributed by atoms with E-state index in [-0.39, 0.29) is 18.7 Å². The monoisotopic (exact) mass is 280 g/mol. The molecule has 6 heteroatoms. The highest BCUT2D eigenvalue weighted by Crippen LogP contribution is 2.34. The molecule has 1 rings (SSSR count). The normalized spacial score (nSPS) is 13.3. The van der Waals surface area contributed by atoms with Gasteiger partial charge in [0.1, 0.15) is 11.4 Å². The first kappa shape index (κ1) is 15.9. The molecule has 1 aromatic heterocycles. The highest BCUT2D eigenvalue weighted by molar-refractivity contribution is 6.08. The predicted octanol–water partition coefficient (Wildman–Crippen LogP) is 1.18. The van der Waals surface area contributed by atoms with E-state index in [0.29, 0.717) is 12.4 Å². The average molecular weight is 280 g/mol. The Bertz CT molecular complexity index is 490. The molecule has 0 aliphatic heterocycles. The van der Waals surface area contributed by atoms with E-state index in [1.807, 2.05) is 0 Å². The topological polar surface area (TPSA) is 91.5 Å². The summed E-state index contributed by atoms with van der Waals surface area (Å²) in [6, 6.07) is 3.32. The van der Waals surface area contributed by atoms with Gasteiger partial charge in [0.15, 0.2) is 5.41 Å². The lowest BCUT2D eigenvalue weighted by Gasteiger charge is -2.27. The molecule has 1 atom stereocenters. The summed E-state index contributed by atoms with van der Waals surface area (Å²) < 4.78 is 10.5. The van der Waals surface area contributed by atoms with Gasteiger partial charge < -0.3 is 15.2 Å². The Morgan fingerprint density at radius 2 is 2.00 bits per heavy atom. The van der Waals surface area contributed by atoms with Crippen LogP contribution in [0, 0.1) is 0 Å². The lowest BCUT2D eigenvalue weighted by atomic mass is 9.80. The second-order valence-corrected chi connectivity index (χ2v) is 4.13. The number of hydrogen-bond acceptors (Lipinski definition) is 5. The molecule has 0 saturated heterocycles. The molecule has 0 radical (unpaired) electrons. The fourth-order valence-electron chi connectivity index (χ4n) is 2.04. The number of amides is 1. The van der Waals surface area contributed by atoms with E-state index in [1.165, 1.54) is 6.20 Å². The van der Waals surface area contributed by atoms with Crippen molar-refractivity contribution in [2.75, 3.05) is 13.2 Å². The summed E-state index contributed by atoms with van der Waals surface area (Å²) in [5.74, 6) is -1.13. The number of nitrogens with zero attached hydrogens (tertiary/aromatic N) is 1. The van der Waals surface area contributed by atoms with Crippen LogP contribution in [0.25, 0.3) is 0 Å². The molecule has 20 heavy (non-hydrogen) atoms. The summed E-state index contributed by atoms with van der Waals surface area (Å²) in [7, 11) is 0. The molecule has 0 aliphatic rings. The van der Waals surface area contributed by atoms with Crippen molar-refractivity contribution in [2.45, 2.75) is 32.6 Å². The molecular formula is C14H20N2O4. The van der Waals surface area contributed by atoms with Crippen molar-refractivity contribution >= 4 is 11.9 Å². The quantitative estimate of drug-likeness (QED) is 0.598. The Morgan fingerprint density at radius 1 is 1.30 bits per heavy atom. The number of rotatable bonds is 7.